The maximum Gasteiger partial charge on any atom is 0.336 e. The quantitative estimate of drug-likeness (QED) is 0.542. The zero-order valence-corrected chi connectivity index (χ0v) is 16.3. The number of nitrogen functional groups attached to an aromatic ring is 1. The van der Waals surface area contributed by atoms with Crippen LogP contribution in [0.25, 0.3) is 11.1 Å². The van der Waals surface area contributed by atoms with Crippen LogP contribution < -0.4 is 15.2 Å². The predicted octanol–water partition coefficient (Wildman–Crippen LogP) is 2.98. The Bertz CT molecular complexity index is 1150. The van der Waals surface area contributed by atoms with Crippen LogP contribution in [0.15, 0.2) is 60.8 Å². The SMILES string of the molecule is CS(=O)(=O)Nc1ccc(-c2cnc(N)c(OCc3ccccc3C(=O)O)c2)cc1. The molecule has 0 amide bonds. The molecule has 0 saturated carbocycles. The Hall–Kier alpha value is -3.59. The van der Waals surface area contributed by atoms with Crippen LogP contribution in [0.1, 0.15) is 15.9 Å². The molecular weight excluding hydrogens is 394 g/mol. The largest absolute Gasteiger partial charge is 0.485 e. The van der Waals surface area contributed by atoms with Gasteiger partial charge in [0, 0.05) is 23.0 Å². The smallest absolute Gasteiger partial charge is 0.336 e. The normalized spacial score (nSPS) is 11.1. The van der Waals surface area contributed by atoms with Gasteiger partial charge >= 0.3 is 5.97 Å². The number of nitrogens with zero attached hydrogens (tertiary/aromatic N) is 1. The van der Waals surface area contributed by atoms with Crippen LogP contribution in [-0.4, -0.2) is 30.7 Å². The van der Waals surface area contributed by atoms with E-state index in [1.54, 1.807) is 54.7 Å². The standard InChI is InChI=1S/C20H19N3O5S/c1-29(26,27)23-16-8-6-13(7-9-16)15-10-18(19(21)22-11-15)28-12-14-4-2-3-5-17(14)20(24)25/h2-11,23H,12H2,1H3,(H2,21,22)(H,24,25). The number of rotatable bonds is 7. The minimum atomic E-state index is -3.35. The molecule has 0 atom stereocenters. The summed E-state index contributed by atoms with van der Waals surface area (Å²) in [5, 5.41) is 9.27. The lowest BCUT2D eigenvalue weighted by atomic mass is 10.1. The molecule has 29 heavy (non-hydrogen) atoms. The van der Waals surface area contributed by atoms with Gasteiger partial charge in [0.25, 0.3) is 0 Å². The molecule has 3 aromatic rings. The number of aromatic nitrogens is 1. The van der Waals surface area contributed by atoms with Crippen LogP contribution in [0.5, 0.6) is 5.75 Å². The second-order valence-electron chi connectivity index (χ2n) is 6.31. The van der Waals surface area contributed by atoms with E-state index < -0.39 is 16.0 Å². The summed E-state index contributed by atoms with van der Waals surface area (Å²) >= 11 is 0. The Balaban J connectivity index is 1.81. The van der Waals surface area contributed by atoms with E-state index in [0.29, 0.717) is 22.6 Å². The number of carboxylic acid groups (broad SMARTS) is 1. The van der Waals surface area contributed by atoms with Gasteiger partial charge in [-0.2, -0.15) is 0 Å². The molecule has 0 radical (unpaired) electrons. The number of ether oxygens (including phenoxy) is 1. The molecule has 0 aliphatic heterocycles. The van der Waals surface area contributed by atoms with Gasteiger partial charge < -0.3 is 15.6 Å². The van der Waals surface area contributed by atoms with Crippen molar-refractivity contribution >= 4 is 27.5 Å². The van der Waals surface area contributed by atoms with Crippen molar-refractivity contribution in [2.24, 2.45) is 0 Å². The van der Waals surface area contributed by atoms with E-state index in [-0.39, 0.29) is 18.0 Å². The number of anilines is 2. The number of hydrogen-bond acceptors (Lipinski definition) is 6. The van der Waals surface area contributed by atoms with Crippen molar-refractivity contribution in [1.82, 2.24) is 4.98 Å². The Morgan fingerprint density at radius 1 is 1.14 bits per heavy atom. The summed E-state index contributed by atoms with van der Waals surface area (Å²) in [6, 6.07) is 15.0. The van der Waals surface area contributed by atoms with Gasteiger partial charge in [-0.05, 0) is 29.8 Å². The van der Waals surface area contributed by atoms with Crippen LogP contribution in [0.3, 0.4) is 0 Å². The first-order valence-corrected chi connectivity index (χ1v) is 10.4. The van der Waals surface area contributed by atoms with E-state index in [9.17, 15) is 18.3 Å². The van der Waals surface area contributed by atoms with Crippen molar-refractivity contribution in [2.45, 2.75) is 6.61 Å². The fourth-order valence-corrected chi connectivity index (χ4v) is 3.25. The molecule has 1 aromatic heterocycles. The highest BCUT2D eigenvalue weighted by molar-refractivity contribution is 7.92. The number of hydrogen-bond donors (Lipinski definition) is 3. The number of carboxylic acids is 1. The van der Waals surface area contributed by atoms with Gasteiger partial charge in [-0.1, -0.05) is 30.3 Å². The first-order chi connectivity index (χ1) is 13.7. The van der Waals surface area contributed by atoms with Crippen LogP contribution in [0.2, 0.25) is 0 Å². The summed E-state index contributed by atoms with van der Waals surface area (Å²) in [6.45, 7) is 0.0228. The molecule has 0 fully saturated rings. The summed E-state index contributed by atoms with van der Waals surface area (Å²) in [5.41, 5.74) is 8.51. The van der Waals surface area contributed by atoms with Gasteiger partial charge in [0.15, 0.2) is 11.6 Å². The maximum absolute atomic E-state index is 11.3. The third kappa shape index (κ3) is 5.23. The number of benzene rings is 2. The monoisotopic (exact) mass is 413 g/mol. The molecule has 4 N–H and O–H groups in total. The Labute approximate surface area is 168 Å². The lowest BCUT2D eigenvalue weighted by molar-refractivity contribution is 0.0694. The number of nitrogens with two attached hydrogens (primary N) is 1. The molecule has 0 aliphatic carbocycles. The van der Waals surface area contributed by atoms with Crippen LogP contribution in [-0.2, 0) is 16.6 Å². The number of sulfonamides is 1. The van der Waals surface area contributed by atoms with Gasteiger partial charge in [-0.15, -0.1) is 0 Å². The third-order valence-corrected chi connectivity index (χ3v) is 4.64. The molecule has 150 valence electrons. The highest BCUT2D eigenvalue weighted by atomic mass is 32.2. The van der Waals surface area contributed by atoms with Gasteiger partial charge in [0.1, 0.15) is 6.61 Å². The number of nitrogens with one attached hydrogen (secondary N) is 1. The minimum Gasteiger partial charge on any atom is -0.485 e. The molecule has 0 unspecified atom stereocenters. The van der Waals surface area contributed by atoms with Gasteiger partial charge in [0.2, 0.25) is 10.0 Å². The van der Waals surface area contributed by atoms with Crippen molar-refractivity contribution in [3.63, 3.8) is 0 Å². The summed E-state index contributed by atoms with van der Waals surface area (Å²) < 4.78 is 30.7. The maximum atomic E-state index is 11.3. The minimum absolute atomic E-state index is 0.0228. The fourth-order valence-electron chi connectivity index (χ4n) is 2.68. The van der Waals surface area contributed by atoms with Crippen LogP contribution >= 0.6 is 0 Å². The average Bonchev–Trinajstić information content (AvgIpc) is 2.67. The second-order valence-corrected chi connectivity index (χ2v) is 8.06. The van der Waals surface area contributed by atoms with Crippen LogP contribution in [0.4, 0.5) is 11.5 Å². The zero-order valence-electron chi connectivity index (χ0n) is 15.5. The topological polar surface area (TPSA) is 132 Å². The number of pyridine rings is 1. The highest BCUT2D eigenvalue weighted by Gasteiger charge is 2.12. The number of aromatic carboxylic acids is 1. The Morgan fingerprint density at radius 2 is 1.83 bits per heavy atom. The van der Waals surface area contributed by atoms with Crippen molar-refractivity contribution in [3.05, 3.63) is 71.9 Å². The van der Waals surface area contributed by atoms with E-state index in [2.05, 4.69) is 9.71 Å². The molecule has 9 heteroatoms. The first-order valence-electron chi connectivity index (χ1n) is 8.51. The van der Waals surface area contributed by atoms with E-state index in [0.717, 1.165) is 11.8 Å². The lowest BCUT2D eigenvalue weighted by Gasteiger charge is -2.12. The highest BCUT2D eigenvalue weighted by Crippen LogP contribution is 2.29. The van der Waals surface area contributed by atoms with Gasteiger partial charge in [0.05, 0.1) is 11.8 Å². The predicted molar refractivity (Wildman–Crippen MR) is 110 cm³/mol. The molecule has 8 nitrogen and oxygen atoms in total. The molecular formula is C20H19N3O5S. The van der Waals surface area contributed by atoms with Gasteiger partial charge in [-0.3, -0.25) is 4.72 Å². The zero-order chi connectivity index (χ0) is 21.0. The molecule has 0 bridgehead atoms. The van der Waals surface area contributed by atoms with Gasteiger partial charge in [-0.25, -0.2) is 18.2 Å². The Morgan fingerprint density at radius 3 is 2.48 bits per heavy atom. The summed E-state index contributed by atoms with van der Waals surface area (Å²) in [5.74, 6) is -0.537. The molecule has 2 aromatic carbocycles. The number of carbonyl (C=O) groups is 1. The Kier molecular flexibility index (Phi) is 5.69. The van der Waals surface area contributed by atoms with Crippen LogP contribution in [0, 0.1) is 0 Å². The fraction of sp³-hybridized carbons (Fsp3) is 0.100. The third-order valence-electron chi connectivity index (χ3n) is 4.03. The molecule has 0 saturated heterocycles. The molecule has 1 heterocycles. The van der Waals surface area contributed by atoms with Crippen molar-refractivity contribution in [2.75, 3.05) is 16.7 Å². The van der Waals surface area contributed by atoms with E-state index >= 15 is 0 Å². The van der Waals surface area contributed by atoms with E-state index in [1.807, 2.05) is 0 Å². The second kappa shape index (κ2) is 8.19. The lowest BCUT2D eigenvalue weighted by Crippen LogP contribution is -2.09. The summed E-state index contributed by atoms with van der Waals surface area (Å²) in [6.07, 6.45) is 2.66. The molecule has 3 rings (SSSR count). The first kappa shape index (κ1) is 20.2. The molecule has 0 aliphatic rings. The summed E-state index contributed by atoms with van der Waals surface area (Å²) in [7, 11) is -3.35. The molecule has 0 spiro atoms. The van der Waals surface area contributed by atoms with E-state index in [1.165, 1.54) is 6.07 Å². The van der Waals surface area contributed by atoms with E-state index in [4.69, 9.17) is 10.5 Å². The van der Waals surface area contributed by atoms with Crippen molar-refractivity contribution < 1.29 is 23.1 Å². The van der Waals surface area contributed by atoms with Crippen molar-refractivity contribution in [1.29, 1.82) is 0 Å². The summed E-state index contributed by atoms with van der Waals surface area (Å²) in [4.78, 5) is 15.5. The average molecular weight is 413 g/mol. The van der Waals surface area contributed by atoms with Crippen molar-refractivity contribution in [3.8, 4) is 16.9 Å².